The molecule has 0 amide bonds. The van der Waals surface area contributed by atoms with Crippen molar-refractivity contribution in [3.05, 3.63) is 12.7 Å². The van der Waals surface area contributed by atoms with Gasteiger partial charge in [-0.3, -0.25) is 0 Å². The Morgan fingerprint density at radius 1 is 0.470 bits per heavy atom. The number of aliphatic hydroxyl groups is 1. The zero-order chi connectivity index (χ0) is 48.1. The van der Waals surface area contributed by atoms with Gasteiger partial charge in [0.2, 0.25) is 0 Å². The first-order valence-electron chi connectivity index (χ1n) is 25.0. The van der Waals surface area contributed by atoms with Crippen molar-refractivity contribution in [2.24, 2.45) is 0 Å². The molecule has 2 aliphatic rings. The second kappa shape index (κ2) is 38.8. The van der Waals surface area contributed by atoms with Gasteiger partial charge in [-0.1, -0.05) is 59.5 Å². The SMILES string of the molecule is C=CCOCC(COCC(COCC(COCC(COCC1COC(C)(C)O1)OCCCC)OCC(O)COCC(COCC1COC(C)(C)O1)OCCCC)OCCCC)OCCCC. The molecule has 0 aromatic heterocycles. The molecule has 0 bridgehead atoms. The number of rotatable bonds is 47. The van der Waals surface area contributed by atoms with Crippen molar-refractivity contribution in [3.8, 4) is 0 Å². The van der Waals surface area contributed by atoms with Gasteiger partial charge in [-0.05, 0) is 53.4 Å². The average Bonchev–Trinajstić information content (AvgIpc) is 3.83. The highest BCUT2D eigenvalue weighted by Gasteiger charge is 2.34. The van der Waals surface area contributed by atoms with E-state index in [2.05, 4.69) is 34.3 Å². The molecule has 2 heterocycles. The summed E-state index contributed by atoms with van der Waals surface area (Å²) >= 11 is 0. The highest BCUT2D eigenvalue weighted by Crippen LogP contribution is 2.23. The van der Waals surface area contributed by atoms with Gasteiger partial charge in [0, 0.05) is 26.4 Å². The Bertz CT molecular complexity index is 1120. The van der Waals surface area contributed by atoms with Crippen molar-refractivity contribution in [1.82, 2.24) is 0 Å². The van der Waals surface area contributed by atoms with Crippen LogP contribution in [0.2, 0.25) is 0 Å². The largest absolute Gasteiger partial charge is 0.388 e. The zero-order valence-electron chi connectivity index (χ0n) is 42.4. The fourth-order valence-electron chi connectivity index (χ4n) is 6.56. The smallest absolute Gasteiger partial charge is 0.163 e. The first-order valence-corrected chi connectivity index (χ1v) is 25.0. The second-order valence-electron chi connectivity index (χ2n) is 17.9. The van der Waals surface area contributed by atoms with Crippen LogP contribution in [0.1, 0.15) is 107 Å². The van der Waals surface area contributed by atoms with Gasteiger partial charge in [-0.2, -0.15) is 0 Å². The lowest BCUT2D eigenvalue weighted by Crippen LogP contribution is -2.36. The maximum absolute atomic E-state index is 11.0. The van der Waals surface area contributed by atoms with Crippen molar-refractivity contribution in [1.29, 1.82) is 0 Å². The lowest BCUT2D eigenvalue weighted by Gasteiger charge is -2.25. The minimum absolute atomic E-state index is 0.00369. The fraction of sp³-hybridized carbons (Fsp3) is 0.959. The molecule has 2 saturated heterocycles. The molecule has 17 nitrogen and oxygen atoms in total. The topological polar surface area (TPSA) is 168 Å². The van der Waals surface area contributed by atoms with Crippen LogP contribution in [0, 0.1) is 0 Å². The monoisotopic (exact) mass is 955 g/mol. The summed E-state index contributed by atoms with van der Waals surface area (Å²) in [4.78, 5) is 0. The summed E-state index contributed by atoms with van der Waals surface area (Å²) in [5.41, 5.74) is 0. The lowest BCUT2D eigenvalue weighted by molar-refractivity contribution is -0.150. The quantitative estimate of drug-likeness (QED) is 0.0550. The molecule has 0 aromatic carbocycles. The standard InChI is InChI=1S/C49H94O17/c1-10-15-20-58-41(26-51-19-14-5)28-53-29-43(60-22-17-12-3)30-54-34-45(35-55-31-44(61-23-18-13-4)33-57-37-47-39-64-49(8,9)66-47)62-25-40(50)24-52-27-42(59-21-16-11-2)32-56-36-46-38-63-48(6,7)65-46/h14,40-47,50H,5,10-13,15-39H2,1-4,6-9H3. The summed E-state index contributed by atoms with van der Waals surface area (Å²) in [6, 6.07) is 0. The molecule has 0 saturated carbocycles. The predicted octanol–water partition coefficient (Wildman–Crippen LogP) is 6.08. The van der Waals surface area contributed by atoms with Crippen LogP contribution in [-0.4, -0.2) is 204 Å². The minimum Gasteiger partial charge on any atom is -0.388 e. The van der Waals surface area contributed by atoms with Crippen molar-refractivity contribution in [3.63, 3.8) is 0 Å². The van der Waals surface area contributed by atoms with Gasteiger partial charge in [0.05, 0.1) is 112 Å². The van der Waals surface area contributed by atoms with E-state index in [1.165, 1.54) is 0 Å². The maximum atomic E-state index is 11.0. The molecule has 392 valence electrons. The summed E-state index contributed by atoms with van der Waals surface area (Å²) < 4.78 is 95.9. The number of unbranched alkanes of at least 4 members (excludes halogenated alkanes) is 4. The molecule has 66 heavy (non-hydrogen) atoms. The van der Waals surface area contributed by atoms with Gasteiger partial charge in [0.1, 0.15) is 48.8 Å². The van der Waals surface area contributed by atoms with E-state index >= 15 is 0 Å². The Balaban J connectivity index is 2.00. The van der Waals surface area contributed by atoms with Crippen LogP contribution in [0.4, 0.5) is 0 Å². The normalized spacial score (nSPS) is 20.9. The van der Waals surface area contributed by atoms with E-state index in [-0.39, 0.29) is 82.9 Å². The maximum Gasteiger partial charge on any atom is 0.163 e. The third-order valence-corrected chi connectivity index (χ3v) is 10.3. The summed E-state index contributed by atoms with van der Waals surface area (Å²) in [5, 5.41) is 11.0. The molecule has 8 unspecified atom stereocenters. The molecular weight excluding hydrogens is 861 g/mol. The van der Waals surface area contributed by atoms with Crippen LogP contribution in [-0.2, 0) is 75.8 Å². The molecule has 1 N–H and O–H groups in total. The fourth-order valence-corrected chi connectivity index (χ4v) is 6.56. The summed E-state index contributed by atoms with van der Waals surface area (Å²) in [5.74, 6) is -1.23. The van der Waals surface area contributed by atoms with E-state index in [0.717, 1.165) is 51.4 Å². The summed E-state index contributed by atoms with van der Waals surface area (Å²) in [6.45, 7) is 27.3. The van der Waals surface area contributed by atoms with Crippen LogP contribution in [0.15, 0.2) is 12.7 Å². The van der Waals surface area contributed by atoms with Crippen molar-refractivity contribution in [2.45, 2.75) is 167 Å². The molecular formula is C49H94O17. The molecule has 0 radical (unpaired) electrons. The Labute approximate surface area is 398 Å². The second-order valence-corrected chi connectivity index (χ2v) is 17.9. The minimum atomic E-state index is -0.914. The van der Waals surface area contributed by atoms with Gasteiger partial charge in [-0.25, -0.2) is 0 Å². The van der Waals surface area contributed by atoms with E-state index < -0.39 is 23.8 Å². The van der Waals surface area contributed by atoms with Crippen molar-refractivity contribution >= 4 is 0 Å². The van der Waals surface area contributed by atoms with E-state index in [9.17, 15) is 5.11 Å². The van der Waals surface area contributed by atoms with E-state index in [1.54, 1.807) is 6.08 Å². The first kappa shape index (κ1) is 61.2. The van der Waals surface area contributed by atoms with Gasteiger partial charge in [0.15, 0.2) is 11.6 Å². The van der Waals surface area contributed by atoms with Crippen LogP contribution < -0.4 is 0 Å². The lowest BCUT2D eigenvalue weighted by atomic mass is 10.3. The summed E-state index contributed by atoms with van der Waals surface area (Å²) in [6.07, 6.45) is 6.64. The molecule has 2 fully saturated rings. The molecule has 0 aliphatic carbocycles. The Kier molecular flexibility index (Phi) is 35.9. The number of ether oxygens (including phenoxy) is 16. The zero-order valence-corrected chi connectivity index (χ0v) is 42.4. The molecule has 2 rings (SSSR count). The van der Waals surface area contributed by atoms with E-state index in [1.807, 2.05) is 27.7 Å². The first-order chi connectivity index (χ1) is 31.9. The van der Waals surface area contributed by atoms with Crippen molar-refractivity contribution in [2.75, 3.05) is 139 Å². The third kappa shape index (κ3) is 32.0. The number of hydrogen-bond acceptors (Lipinski definition) is 17. The van der Waals surface area contributed by atoms with Crippen molar-refractivity contribution < 1.29 is 80.9 Å². The van der Waals surface area contributed by atoms with Crippen LogP contribution >= 0.6 is 0 Å². The molecule has 0 spiro atoms. The molecule has 8 atom stereocenters. The van der Waals surface area contributed by atoms with Gasteiger partial charge < -0.3 is 80.9 Å². The molecule has 17 heteroatoms. The van der Waals surface area contributed by atoms with E-state index in [0.29, 0.717) is 92.5 Å². The highest BCUT2D eigenvalue weighted by molar-refractivity contribution is 4.73. The number of aliphatic hydroxyl groups excluding tert-OH is 1. The van der Waals surface area contributed by atoms with Crippen LogP contribution in [0.25, 0.3) is 0 Å². The molecule has 2 aliphatic heterocycles. The highest BCUT2D eigenvalue weighted by atomic mass is 16.8. The Morgan fingerprint density at radius 3 is 1.11 bits per heavy atom. The van der Waals surface area contributed by atoms with Gasteiger partial charge in [-0.15, -0.1) is 6.58 Å². The number of hydrogen-bond donors (Lipinski definition) is 1. The van der Waals surface area contributed by atoms with E-state index in [4.69, 9.17) is 75.8 Å². The predicted molar refractivity (Wildman–Crippen MR) is 250 cm³/mol. The molecule has 0 aromatic rings. The van der Waals surface area contributed by atoms with Gasteiger partial charge in [0.25, 0.3) is 0 Å². The average molecular weight is 955 g/mol. The summed E-state index contributed by atoms with van der Waals surface area (Å²) in [7, 11) is 0. The Hall–Kier alpha value is -0.940. The van der Waals surface area contributed by atoms with Crippen LogP contribution in [0.3, 0.4) is 0 Å². The van der Waals surface area contributed by atoms with Crippen LogP contribution in [0.5, 0.6) is 0 Å². The Morgan fingerprint density at radius 2 is 0.788 bits per heavy atom. The van der Waals surface area contributed by atoms with Gasteiger partial charge >= 0.3 is 0 Å². The third-order valence-electron chi connectivity index (χ3n) is 10.3.